The average Bonchev–Trinajstić information content (AvgIpc) is 3.88. The first-order valence-electron chi connectivity index (χ1n) is 22.2. The number of carbonyl (C=O) groups excluding carboxylic acids is 3. The summed E-state index contributed by atoms with van der Waals surface area (Å²) in [5, 5.41) is 15.1. The van der Waals surface area contributed by atoms with Gasteiger partial charge in [-0.15, -0.1) is 0 Å². The summed E-state index contributed by atoms with van der Waals surface area (Å²) >= 11 is 0. The van der Waals surface area contributed by atoms with Gasteiger partial charge < -0.3 is 29.3 Å². The number of furan rings is 2. The lowest BCUT2D eigenvalue weighted by Gasteiger charge is -2.20. The van der Waals surface area contributed by atoms with E-state index in [0.717, 1.165) is 30.7 Å². The molecule has 0 atom stereocenters. The minimum atomic E-state index is -3.55. The van der Waals surface area contributed by atoms with Gasteiger partial charge in [0.2, 0.25) is 0 Å². The smallest absolute Gasteiger partial charge is 0.341 e. The normalized spacial score (nSPS) is 11.8. The van der Waals surface area contributed by atoms with Gasteiger partial charge in [0.1, 0.15) is 51.6 Å². The molecule has 0 radical (unpaired) electrons. The Hall–Kier alpha value is -8.10. The molecule has 14 nitrogen and oxygen atoms in total. The Balaban J connectivity index is 0.000000217. The minimum absolute atomic E-state index is 0.127. The number of carbonyl (C=O) groups is 4. The van der Waals surface area contributed by atoms with E-state index in [0.29, 0.717) is 44.2 Å². The van der Waals surface area contributed by atoms with Crippen molar-refractivity contribution in [3.05, 3.63) is 166 Å². The fraction of sp³-hybridized carbons (Fsp3) is 0.185. The number of aromatic carboxylic acids is 1. The topological polar surface area (TPSA) is 216 Å². The van der Waals surface area contributed by atoms with E-state index >= 15 is 0 Å². The van der Waals surface area contributed by atoms with Gasteiger partial charge in [-0.05, 0) is 151 Å². The summed E-state index contributed by atoms with van der Waals surface area (Å²) in [7, 11) is -4.22. The third-order valence-corrected chi connectivity index (χ3v) is 12.9. The van der Waals surface area contributed by atoms with Crippen molar-refractivity contribution in [2.45, 2.75) is 37.9 Å². The van der Waals surface area contributed by atoms with Crippen LogP contribution in [0.15, 0.2) is 118 Å². The second-order valence-corrected chi connectivity index (χ2v) is 22.4. The maximum atomic E-state index is 14.7. The highest BCUT2D eigenvalue weighted by molar-refractivity contribution is 7.90. The van der Waals surface area contributed by atoms with Crippen LogP contribution in [0.4, 0.5) is 17.6 Å². The molecule has 3 N–H and O–H groups in total. The lowest BCUT2D eigenvalue weighted by molar-refractivity contribution is 0.00641. The SMILES string of the molecule is CNC(=O)c1c(-c2ccc(F)cc2)oc2cc(CS(C)(=O)=O)c(-c3ccc(F)c(C(=O)O)c3)cc12.CNC(=O)c1c(-c2ccc(F)cc2)oc2cc(CS(C)(=O)=O)c(-c3ccc(F)c(C(=O)OC(C)(C)C)c3)cc12. The quantitative estimate of drug-likeness (QED) is 0.0769. The highest BCUT2D eigenvalue weighted by Crippen LogP contribution is 2.41. The molecule has 384 valence electrons. The van der Waals surface area contributed by atoms with Gasteiger partial charge in [0, 0.05) is 48.5 Å². The van der Waals surface area contributed by atoms with Crippen molar-refractivity contribution in [2.75, 3.05) is 26.6 Å². The summed E-state index contributed by atoms with van der Waals surface area (Å²) in [5.74, 6) is -6.53. The van der Waals surface area contributed by atoms with Crippen molar-refractivity contribution in [3.8, 4) is 44.9 Å². The van der Waals surface area contributed by atoms with Crippen LogP contribution in [0.5, 0.6) is 0 Å². The Morgan fingerprint density at radius 1 is 0.554 bits per heavy atom. The molecule has 0 saturated carbocycles. The first-order chi connectivity index (χ1) is 34.6. The van der Waals surface area contributed by atoms with Crippen LogP contribution in [0.3, 0.4) is 0 Å². The van der Waals surface area contributed by atoms with Crippen molar-refractivity contribution in [1.29, 1.82) is 0 Å². The second-order valence-electron chi connectivity index (χ2n) is 18.1. The molecule has 2 amide bonds. The zero-order chi connectivity index (χ0) is 54.2. The Bertz CT molecular complexity index is 3790. The van der Waals surface area contributed by atoms with Crippen molar-refractivity contribution >= 4 is 65.4 Å². The fourth-order valence-corrected chi connectivity index (χ4v) is 9.67. The van der Waals surface area contributed by atoms with Crippen molar-refractivity contribution in [1.82, 2.24) is 10.6 Å². The number of amides is 2. The van der Waals surface area contributed by atoms with Crippen LogP contribution in [-0.2, 0) is 35.9 Å². The molecule has 2 aromatic heterocycles. The number of benzene rings is 6. The van der Waals surface area contributed by atoms with Gasteiger partial charge in [-0.3, -0.25) is 9.59 Å². The molecule has 0 aliphatic carbocycles. The molecule has 6 aromatic carbocycles. The van der Waals surface area contributed by atoms with Crippen LogP contribution >= 0.6 is 0 Å². The monoisotopic (exact) mass is 1050 g/mol. The van der Waals surface area contributed by atoms with Crippen LogP contribution in [0.2, 0.25) is 0 Å². The predicted octanol–water partition coefficient (Wildman–Crippen LogP) is 10.6. The number of hydrogen-bond acceptors (Lipinski definition) is 11. The van der Waals surface area contributed by atoms with Gasteiger partial charge in [-0.1, -0.05) is 12.1 Å². The summed E-state index contributed by atoms with van der Waals surface area (Å²) in [6.07, 6.45) is 2.11. The standard InChI is InChI=1S/C29H27F2NO6S.C25H19F2NO6S/c1-29(2,3)38-28(34)21-12-17(8-11-23(21)31)20-14-22-24(13-18(20)15-39(5,35)36)37-26(25(22)27(33)32-4)16-6-9-19(30)10-7-16;1-28-24(29)22-19-11-17(14-5-8-20(27)18(9-14)25(30)31)15(12-35(2,32)33)10-21(19)34-23(22)13-3-6-16(26)7-4-13/h6-14H,15H2,1-5H3,(H,32,33);3-11H,12H2,1-2H3,(H,28,29)(H,30,31). The predicted molar refractivity (Wildman–Crippen MR) is 270 cm³/mol. The van der Waals surface area contributed by atoms with Gasteiger partial charge in [0.15, 0.2) is 19.7 Å². The van der Waals surface area contributed by atoms with E-state index in [1.165, 1.54) is 99.0 Å². The third-order valence-electron chi connectivity index (χ3n) is 11.2. The molecular formula is C54H46F4N2O12S2. The zero-order valence-electron chi connectivity index (χ0n) is 40.6. The molecule has 0 spiro atoms. The molecule has 0 saturated heterocycles. The molecule has 0 aliphatic heterocycles. The Morgan fingerprint density at radius 3 is 1.27 bits per heavy atom. The number of halogens is 4. The number of ether oxygens (including phenoxy) is 1. The van der Waals surface area contributed by atoms with Crippen molar-refractivity contribution in [3.63, 3.8) is 0 Å². The number of carboxylic acids is 1. The number of hydrogen-bond donors (Lipinski definition) is 3. The Labute approximate surface area is 421 Å². The van der Waals surface area contributed by atoms with Crippen LogP contribution < -0.4 is 10.6 Å². The number of rotatable bonds is 12. The lowest BCUT2D eigenvalue weighted by atomic mass is 9.95. The van der Waals surface area contributed by atoms with E-state index in [4.69, 9.17) is 13.6 Å². The number of esters is 1. The van der Waals surface area contributed by atoms with Gasteiger partial charge in [-0.25, -0.2) is 44.0 Å². The van der Waals surface area contributed by atoms with E-state index < -0.39 is 83.6 Å². The molecule has 2 heterocycles. The van der Waals surface area contributed by atoms with Gasteiger partial charge >= 0.3 is 11.9 Å². The summed E-state index contributed by atoms with van der Waals surface area (Å²) in [5.41, 5.74) is 1.61. The molecule has 8 rings (SSSR count). The summed E-state index contributed by atoms with van der Waals surface area (Å²) < 4.78 is 122. The Kier molecular flexibility index (Phi) is 15.1. The highest BCUT2D eigenvalue weighted by Gasteiger charge is 2.28. The number of sulfone groups is 2. The second kappa shape index (κ2) is 20.8. The van der Waals surface area contributed by atoms with E-state index in [1.807, 2.05) is 0 Å². The lowest BCUT2D eigenvalue weighted by Crippen LogP contribution is -2.24. The molecule has 20 heteroatoms. The molecule has 0 bridgehead atoms. The van der Waals surface area contributed by atoms with E-state index in [1.54, 1.807) is 26.8 Å². The molecular weight excluding hydrogens is 1010 g/mol. The number of nitrogens with one attached hydrogen (secondary N) is 2. The molecule has 0 aliphatic rings. The maximum absolute atomic E-state index is 14.7. The maximum Gasteiger partial charge on any atom is 0.341 e. The molecule has 0 unspecified atom stereocenters. The first kappa shape index (κ1) is 53.7. The third kappa shape index (κ3) is 12.0. The van der Waals surface area contributed by atoms with E-state index in [2.05, 4.69) is 10.6 Å². The number of carboxylic acid groups (broad SMARTS) is 1. The average molecular weight is 1060 g/mol. The molecule has 0 fully saturated rings. The summed E-state index contributed by atoms with van der Waals surface area (Å²) in [6.45, 7) is 4.97. The van der Waals surface area contributed by atoms with Crippen molar-refractivity contribution < 1.29 is 72.3 Å². The molecule has 74 heavy (non-hydrogen) atoms. The van der Waals surface area contributed by atoms with E-state index in [9.17, 15) is 58.7 Å². The van der Waals surface area contributed by atoms with Crippen LogP contribution in [0.25, 0.3) is 66.8 Å². The summed E-state index contributed by atoms with van der Waals surface area (Å²) in [6, 6.07) is 23.9. The number of fused-ring (bicyclic) bond motifs is 2. The largest absolute Gasteiger partial charge is 0.478 e. The van der Waals surface area contributed by atoms with Gasteiger partial charge in [0.25, 0.3) is 11.8 Å². The fourth-order valence-electron chi connectivity index (χ4n) is 8.06. The van der Waals surface area contributed by atoms with Gasteiger partial charge in [-0.2, -0.15) is 0 Å². The first-order valence-corrected chi connectivity index (χ1v) is 26.3. The van der Waals surface area contributed by atoms with E-state index in [-0.39, 0.29) is 56.3 Å². The summed E-state index contributed by atoms with van der Waals surface area (Å²) in [4.78, 5) is 50.0. The molecule has 8 aromatic rings. The van der Waals surface area contributed by atoms with Gasteiger partial charge in [0.05, 0.1) is 33.8 Å². The van der Waals surface area contributed by atoms with Crippen LogP contribution in [0, 0.1) is 23.3 Å². The van der Waals surface area contributed by atoms with Crippen LogP contribution in [0.1, 0.15) is 73.3 Å². The highest BCUT2D eigenvalue weighted by atomic mass is 32.2. The minimum Gasteiger partial charge on any atom is -0.478 e. The van der Waals surface area contributed by atoms with Crippen molar-refractivity contribution in [2.24, 2.45) is 0 Å². The van der Waals surface area contributed by atoms with Crippen LogP contribution in [-0.4, -0.2) is 77.9 Å². The Morgan fingerprint density at radius 2 is 0.919 bits per heavy atom. The zero-order valence-corrected chi connectivity index (χ0v) is 42.2.